The van der Waals surface area contributed by atoms with Crippen LogP contribution in [0, 0.1) is 5.92 Å². The fraction of sp³-hybridized carbons (Fsp3) is 1.00. The summed E-state index contributed by atoms with van der Waals surface area (Å²) in [5.41, 5.74) is 0.0451. The summed E-state index contributed by atoms with van der Waals surface area (Å²) in [5.74, 6) is 0.741. The third-order valence-electron chi connectivity index (χ3n) is 2.05. The third kappa shape index (κ3) is 7.33. The van der Waals surface area contributed by atoms with E-state index in [1.165, 1.54) is 0 Å². The monoisotopic (exact) mass is 221 g/mol. The smallest absolute Gasteiger partial charge is 0.140 e. The minimum absolute atomic E-state index is 0.0451. The van der Waals surface area contributed by atoms with Crippen LogP contribution in [0.25, 0.3) is 0 Å². The lowest BCUT2D eigenvalue weighted by molar-refractivity contribution is 0.297. The molecule has 14 heavy (non-hydrogen) atoms. The normalized spacial score (nSPS) is 15.1. The van der Waals surface area contributed by atoms with Gasteiger partial charge in [-0.3, -0.25) is 0 Å². The van der Waals surface area contributed by atoms with E-state index < -0.39 is 10.7 Å². The zero-order valence-electron chi connectivity index (χ0n) is 9.83. The molecule has 0 aliphatic rings. The predicted octanol–water partition coefficient (Wildman–Crippen LogP) is 1.40. The second-order valence-electron chi connectivity index (χ2n) is 5.09. The topological polar surface area (TPSA) is 46.2 Å². The predicted molar refractivity (Wildman–Crippen MR) is 61.3 cm³/mol. The summed E-state index contributed by atoms with van der Waals surface area (Å²) in [6.07, 6.45) is 0.702. The van der Waals surface area contributed by atoms with Crippen molar-refractivity contribution in [2.75, 3.05) is 5.75 Å². The Labute approximate surface area is 89.2 Å². The molecule has 0 aliphatic carbocycles. The SMILES string of the molecule is CC(C)C(CC[SH](=O)=O)NC(C)(C)C. The Balaban J connectivity index is 4.16. The first-order valence-corrected chi connectivity index (χ1v) is 6.48. The van der Waals surface area contributed by atoms with Gasteiger partial charge in [0.25, 0.3) is 0 Å². The molecular formula is C10H23NO2S. The van der Waals surface area contributed by atoms with Gasteiger partial charge in [-0.2, -0.15) is 0 Å². The number of nitrogens with one attached hydrogen (secondary N) is 1. The van der Waals surface area contributed by atoms with Crippen molar-refractivity contribution in [1.82, 2.24) is 5.32 Å². The van der Waals surface area contributed by atoms with Gasteiger partial charge >= 0.3 is 0 Å². The van der Waals surface area contributed by atoms with Gasteiger partial charge in [0.15, 0.2) is 0 Å². The second kappa shape index (κ2) is 5.71. The van der Waals surface area contributed by atoms with Crippen molar-refractivity contribution in [3.8, 4) is 0 Å². The summed E-state index contributed by atoms with van der Waals surface area (Å²) in [7, 11) is -2.24. The van der Waals surface area contributed by atoms with Crippen molar-refractivity contribution in [1.29, 1.82) is 0 Å². The molecule has 0 bridgehead atoms. The van der Waals surface area contributed by atoms with Crippen LogP contribution in [0.1, 0.15) is 41.0 Å². The van der Waals surface area contributed by atoms with Crippen molar-refractivity contribution in [2.45, 2.75) is 52.6 Å². The number of thiol groups is 1. The largest absolute Gasteiger partial charge is 0.309 e. The van der Waals surface area contributed by atoms with Gasteiger partial charge in [0.2, 0.25) is 0 Å². The number of hydrogen-bond acceptors (Lipinski definition) is 3. The van der Waals surface area contributed by atoms with Crippen molar-refractivity contribution in [3.05, 3.63) is 0 Å². The van der Waals surface area contributed by atoms with Crippen molar-refractivity contribution >= 4 is 10.7 Å². The lowest BCUT2D eigenvalue weighted by Gasteiger charge is -2.30. The molecule has 0 saturated carbocycles. The molecule has 3 nitrogen and oxygen atoms in total. The molecular weight excluding hydrogens is 198 g/mol. The Morgan fingerprint density at radius 3 is 2.00 bits per heavy atom. The molecule has 86 valence electrons. The van der Waals surface area contributed by atoms with Crippen LogP contribution in [0.5, 0.6) is 0 Å². The van der Waals surface area contributed by atoms with Crippen LogP contribution >= 0.6 is 0 Å². The van der Waals surface area contributed by atoms with Gasteiger partial charge in [0.1, 0.15) is 10.7 Å². The van der Waals surface area contributed by atoms with Crippen LogP contribution in [0.3, 0.4) is 0 Å². The van der Waals surface area contributed by atoms with Crippen LogP contribution < -0.4 is 5.32 Å². The van der Waals surface area contributed by atoms with Gasteiger partial charge in [0, 0.05) is 17.3 Å². The molecule has 1 unspecified atom stereocenters. The average molecular weight is 221 g/mol. The molecule has 0 rings (SSSR count). The zero-order valence-corrected chi connectivity index (χ0v) is 10.7. The van der Waals surface area contributed by atoms with Crippen LogP contribution in [0.2, 0.25) is 0 Å². The van der Waals surface area contributed by atoms with E-state index in [4.69, 9.17) is 0 Å². The highest BCUT2D eigenvalue weighted by atomic mass is 32.2. The van der Waals surface area contributed by atoms with E-state index in [2.05, 4.69) is 39.9 Å². The van der Waals surface area contributed by atoms with Gasteiger partial charge in [-0.1, -0.05) is 13.8 Å². The number of rotatable bonds is 5. The van der Waals surface area contributed by atoms with Crippen molar-refractivity contribution in [3.63, 3.8) is 0 Å². The van der Waals surface area contributed by atoms with E-state index in [0.29, 0.717) is 12.3 Å². The molecule has 0 aromatic carbocycles. The first-order valence-electron chi connectivity index (χ1n) is 5.12. The van der Waals surface area contributed by atoms with E-state index >= 15 is 0 Å². The molecule has 0 spiro atoms. The highest BCUT2D eigenvalue weighted by Crippen LogP contribution is 2.11. The second-order valence-corrected chi connectivity index (χ2v) is 6.20. The van der Waals surface area contributed by atoms with Crippen LogP contribution in [0.4, 0.5) is 0 Å². The fourth-order valence-corrected chi connectivity index (χ4v) is 1.86. The summed E-state index contributed by atoms with van der Waals surface area (Å²) in [6.45, 7) is 10.5. The first-order chi connectivity index (χ1) is 6.22. The molecule has 1 N–H and O–H groups in total. The summed E-state index contributed by atoms with van der Waals surface area (Å²) in [4.78, 5) is 0. The van der Waals surface area contributed by atoms with Crippen LogP contribution in [-0.4, -0.2) is 25.8 Å². The molecule has 0 saturated heterocycles. The lowest BCUT2D eigenvalue weighted by Crippen LogP contribution is -2.46. The van der Waals surface area contributed by atoms with E-state index in [1.807, 2.05) is 0 Å². The molecule has 0 aromatic heterocycles. The summed E-state index contributed by atoms with van der Waals surface area (Å²) >= 11 is 0. The summed E-state index contributed by atoms with van der Waals surface area (Å²) in [6, 6.07) is 0.280. The Morgan fingerprint density at radius 1 is 1.21 bits per heavy atom. The minimum Gasteiger partial charge on any atom is -0.309 e. The van der Waals surface area contributed by atoms with Crippen LogP contribution in [-0.2, 0) is 10.7 Å². The standard InChI is InChI=1S/C10H23NO2S/c1-8(2)9(6-7-14(12)13)11-10(3,4)5/h8-9,11,14H,6-7H2,1-5H3. The maximum Gasteiger partial charge on any atom is 0.140 e. The fourth-order valence-electron chi connectivity index (χ4n) is 1.37. The van der Waals surface area contributed by atoms with Gasteiger partial charge in [-0.05, 0) is 33.1 Å². The van der Waals surface area contributed by atoms with Crippen molar-refractivity contribution < 1.29 is 8.42 Å². The van der Waals surface area contributed by atoms with E-state index in [1.54, 1.807) is 0 Å². The maximum atomic E-state index is 10.5. The maximum absolute atomic E-state index is 10.5. The zero-order chi connectivity index (χ0) is 11.4. The highest BCUT2D eigenvalue weighted by molar-refractivity contribution is 7.72. The lowest BCUT2D eigenvalue weighted by atomic mass is 9.97. The Bertz CT molecular complexity index is 221. The summed E-state index contributed by atoms with van der Waals surface area (Å²) < 4.78 is 21.0. The summed E-state index contributed by atoms with van der Waals surface area (Å²) in [5, 5.41) is 3.44. The van der Waals surface area contributed by atoms with Gasteiger partial charge < -0.3 is 5.32 Å². The quantitative estimate of drug-likeness (QED) is 0.690. The van der Waals surface area contributed by atoms with Gasteiger partial charge in [-0.25, -0.2) is 8.42 Å². The third-order valence-corrected chi connectivity index (χ3v) is 2.67. The molecule has 0 aromatic rings. The molecule has 0 fully saturated rings. The molecule has 1 atom stereocenters. The van der Waals surface area contributed by atoms with Crippen LogP contribution in [0.15, 0.2) is 0 Å². The molecule has 0 radical (unpaired) electrons. The Kier molecular flexibility index (Phi) is 5.67. The van der Waals surface area contributed by atoms with Gasteiger partial charge in [0.05, 0.1) is 0 Å². The molecule has 4 heteroatoms. The van der Waals surface area contributed by atoms with E-state index in [0.717, 1.165) is 0 Å². The van der Waals surface area contributed by atoms with E-state index in [9.17, 15) is 8.42 Å². The van der Waals surface area contributed by atoms with Crippen molar-refractivity contribution in [2.24, 2.45) is 5.92 Å². The number of hydrogen-bond donors (Lipinski definition) is 2. The highest BCUT2D eigenvalue weighted by Gasteiger charge is 2.19. The average Bonchev–Trinajstić information content (AvgIpc) is 1.94. The molecule has 0 heterocycles. The minimum atomic E-state index is -2.24. The Morgan fingerprint density at radius 2 is 1.71 bits per heavy atom. The molecule has 0 amide bonds. The molecule has 0 aliphatic heterocycles. The van der Waals surface area contributed by atoms with E-state index in [-0.39, 0.29) is 17.3 Å². The first kappa shape index (κ1) is 13.9. The van der Waals surface area contributed by atoms with Gasteiger partial charge in [-0.15, -0.1) is 0 Å². The Hall–Kier alpha value is -0.0900.